The molecule has 1 fully saturated rings. The third-order valence-electron chi connectivity index (χ3n) is 3.75. The second-order valence-corrected chi connectivity index (χ2v) is 5.50. The van der Waals surface area contributed by atoms with E-state index in [0.717, 1.165) is 38.0 Å². The van der Waals surface area contributed by atoms with Gasteiger partial charge in [0.1, 0.15) is 12.4 Å². The Hall–Kier alpha value is -1.06. The number of para-hydroxylation sites is 1. The van der Waals surface area contributed by atoms with Gasteiger partial charge in [-0.3, -0.25) is 4.90 Å². The molecule has 0 spiro atoms. The number of benzene rings is 1. The Morgan fingerprint density at radius 1 is 1.20 bits per heavy atom. The lowest BCUT2D eigenvalue weighted by Gasteiger charge is -2.21. The molecule has 3 heteroatoms. The van der Waals surface area contributed by atoms with Crippen molar-refractivity contribution < 1.29 is 4.74 Å². The highest BCUT2D eigenvalue weighted by atomic mass is 16.5. The maximum atomic E-state index is 6.01. The van der Waals surface area contributed by atoms with Gasteiger partial charge in [-0.25, -0.2) is 0 Å². The number of hydrogen-bond donors (Lipinski definition) is 1. The standard InChI is InChI=1S/C17H28N2O/c1-3-11-19(16-9-10-16)12-13-20-17-8-6-5-7-15(17)14-18-4-2/h5-8,16,18H,3-4,9-14H2,1-2H3. The fourth-order valence-corrected chi connectivity index (χ4v) is 2.53. The Morgan fingerprint density at radius 2 is 2.00 bits per heavy atom. The zero-order valence-corrected chi connectivity index (χ0v) is 12.9. The minimum absolute atomic E-state index is 0.791. The first-order valence-electron chi connectivity index (χ1n) is 8.00. The van der Waals surface area contributed by atoms with Crippen molar-refractivity contribution in [2.45, 2.75) is 45.7 Å². The fraction of sp³-hybridized carbons (Fsp3) is 0.647. The van der Waals surface area contributed by atoms with Crippen LogP contribution in [0.5, 0.6) is 5.75 Å². The Morgan fingerprint density at radius 3 is 2.70 bits per heavy atom. The normalized spacial score (nSPS) is 14.8. The predicted molar refractivity (Wildman–Crippen MR) is 84.2 cm³/mol. The summed E-state index contributed by atoms with van der Waals surface area (Å²) in [5, 5.41) is 3.36. The van der Waals surface area contributed by atoms with Crippen LogP contribution in [0.25, 0.3) is 0 Å². The first-order valence-corrected chi connectivity index (χ1v) is 8.00. The number of nitrogens with zero attached hydrogens (tertiary/aromatic N) is 1. The molecule has 1 aliphatic carbocycles. The van der Waals surface area contributed by atoms with Gasteiger partial charge in [0, 0.05) is 24.7 Å². The second-order valence-electron chi connectivity index (χ2n) is 5.50. The SMILES string of the molecule is CCCN(CCOc1ccccc1CNCC)C1CC1. The van der Waals surface area contributed by atoms with Gasteiger partial charge in [0.2, 0.25) is 0 Å². The molecule has 3 nitrogen and oxygen atoms in total. The van der Waals surface area contributed by atoms with Crippen LogP contribution in [-0.4, -0.2) is 37.2 Å². The molecule has 112 valence electrons. The van der Waals surface area contributed by atoms with Crippen LogP contribution in [0, 0.1) is 0 Å². The van der Waals surface area contributed by atoms with Crippen molar-refractivity contribution in [2.75, 3.05) is 26.2 Å². The smallest absolute Gasteiger partial charge is 0.123 e. The molecule has 1 saturated carbocycles. The van der Waals surface area contributed by atoms with Crippen molar-refractivity contribution in [1.82, 2.24) is 10.2 Å². The minimum atomic E-state index is 0.791. The number of hydrogen-bond acceptors (Lipinski definition) is 3. The first kappa shape index (κ1) is 15.3. The highest BCUT2D eigenvalue weighted by Gasteiger charge is 2.27. The Balaban J connectivity index is 1.80. The van der Waals surface area contributed by atoms with Gasteiger partial charge in [-0.15, -0.1) is 0 Å². The summed E-state index contributed by atoms with van der Waals surface area (Å²) in [5.41, 5.74) is 1.25. The molecule has 2 rings (SSSR count). The summed E-state index contributed by atoms with van der Waals surface area (Å²) < 4.78 is 6.01. The van der Waals surface area contributed by atoms with Gasteiger partial charge in [-0.05, 0) is 38.4 Å². The molecule has 0 amide bonds. The lowest BCUT2D eigenvalue weighted by atomic mass is 10.2. The van der Waals surface area contributed by atoms with Gasteiger partial charge in [-0.1, -0.05) is 32.0 Å². The van der Waals surface area contributed by atoms with E-state index in [9.17, 15) is 0 Å². The third kappa shape index (κ3) is 4.80. The van der Waals surface area contributed by atoms with E-state index >= 15 is 0 Å². The molecule has 1 aromatic rings. The lowest BCUT2D eigenvalue weighted by molar-refractivity contribution is 0.201. The average Bonchev–Trinajstić information content (AvgIpc) is 3.30. The van der Waals surface area contributed by atoms with E-state index in [1.54, 1.807) is 0 Å². The van der Waals surface area contributed by atoms with E-state index in [4.69, 9.17) is 4.74 Å². The maximum Gasteiger partial charge on any atom is 0.123 e. The summed E-state index contributed by atoms with van der Waals surface area (Å²) in [5.74, 6) is 1.03. The van der Waals surface area contributed by atoms with Crippen LogP contribution >= 0.6 is 0 Å². The summed E-state index contributed by atoms with van der Waals surface area (Å²) in [6.07, 6.45) is 3.97. The molecule has 1 aliphatic rings. The summed E-state index contributed by atoms with van der Waals surface area (Å²) >= 11 is 0. The zero-order chi connectivity index (χ0) is 14.2. The predicted octanol–water partition coefficient (Wildman–Crippen LogP) is 3.05. The van der Waals surface area contributed by atoms with E-state index in [1.807, 2.05) is 0 Å². The molecular weight excluding hydrogens is 248 g/mol. The van der Waals surface area contributed by atoms with Crippen LogP contribution in [0.3, 0.4) is 0 Å². The molecule has 20 heavy (non-hydrogen) atoms. The molecule has 1 aromatic carbocycles. The van der Waals surface area contributed by atoms with Crippen LogP contribution in [-0.2, 0) is 6.54 Å². The molecule has 0 unspecified atom stereocenters. The molecule has 1 N–H and O–H groups in total. The van der Waals surface area contributed by atoms with E-state index < -0.39 is 0 Å². The van der Waals surface area contributed by atoms with E-state index in [-0.39, 0.29) is 0 Å². The average molecular weight is 276 g/mol. The van der Waals surface area contributed by atoms with Crippen molar-refractivity contribution in [2.24, 2.45) is 0 Å². The van der Waals surface area contributed by atoms with Gasteiger partial charge in [0.05, 0.1) is 0 Å². The molecule has 0 atom stereocenters. The molecule has 0 bridgehead atoms. The molecule has 0 saturated heterocycles. The summed E-state index contributed by atoms with van der Waals surface area (Å²) in [7, 11) is 0. The van der Waals surface area contributed by atoms with Crippen LogP contribution in [0.15, 0.2) is 24.3 Å². The quantitative estimate of drug-likeness (QED) is 0.711. The monoisotopic (exact) mass is 276 g/mol. The molecular formula is C17H28N2O. The number of ether oxygens (including phenoxy) is 1. The summed E-state index contributed by atoms with van der Waals surface area (Å²) in [4.78, 5) is 2.58. The summed E-state index contributed by atoms with van der Waals surface area (Å²) in [6.45, 7) is 9.29. The van der Waals surface area contributed by atoms with E-state index in [0.29, 0.717) is 0 Å². The maximum absolute atomic E-state index is 6.01. The Labute approximate surface area is 123 Å². The van der Waals surface area contributed by atoms with Crippen molar-refractivity contribution in [3.05, 3.63) is 29.8 Å². The topological polar surface area (TPSA) is 24.5 Å². The van der Waals surface area contributed by atoms with Gasteiger partial charge >= 0.3 is 0 Å². The van der Waals surface area contributed by atoms with E-state index in [1.165, 1.54) is 31.4 Å². The Bertz CT molecular complexity index is 390. The molecule has 0 radical (unpaired) electrons. The van der Waals surface area contributed by atoms with Crippen molar-refractivity contribution in [3.8, 4) is 5.75 Å². The molecule has 0 heterocycles. The van der Waals surface area contributed by atoms with Gasteiger partial charge in [0.25, 0.3) is 0 Å². The van der Waals surface area contributed by atoms with Crippen LogP contribution < -0.4 is 10.1 Å². The lowest BCUT2D eigenvalue weighted by Crippen LogP contribution is -2.31. The van der Waals surface area contributed by atoms with Gasteiger partial charge in [-0.2, -0.15) is 0 Å². The zero-order valence-electron chi connectivity index (χ0n) is 12.9. The largest absolute Gasteiger partial charge is 0.492 e. The highest BCUT2D eigenvalue weighted by Crippen LogP contribution is 2.26. The van der Waals surface area contributed by atoms with Crippen LogP contribution in [0.2, 0.25) is 0 Å². The molecule has 0 aromatic heterocycles. The number of rotatable bonds is 10. The van der Waals surface area contributed by atoms with Crippen molar-refractivity contribution >= 4 is 0 Å². The minimum Gasteiger partial charge on any atom is -0.492 e. The Kier molecular flexibility index (Phi) is 6.34. The van der Waals surface area contributed by atoms with Crippen molar-refractivity contribution in [3.63, 3.8) is 0 Å². The van der Waals surface area contributed by atoms with Crippen LogP contribution in [0.1, 0.15) is 38.7 Å². The third-order valence-corrected chi connectivity index (χ3v) is 3.75. The van der Waals surface area contributed by atoms with E-state index in [2.05, 4.69) is 48.3 Å². The van der Waals surface area contributed by atoms with Gasteiger partial charge in [0.15, 0.2) is 0 Å². The van der Waals surface area contributed by atoms with Crippen LogP contribution in [0.4, 0.5) is 0 Å². The van der Waals surface area contributed by atoms with Gasteiger partial charge < -0.3 is 10.1 Å². The fourth-order valence-electron chi connectivity index (χ4n) is 2.53. The van der Waals surface area contributed by atoms with Crippen molar-refractivity contribution in [1.29, 1.82) is 0 Å². The number of nitrogens with one attached hydrogen (secondary N) is 1. The first-order chi connectivity index (χ1) is 9.85. The summed E-state index contributed by atoms with van der Waals surface area (Å²) in [6, 6.07) is 9.18. The second kappa shape index (κ2) is 8.28. The highest BCUT2D eigenvalue weighted by molar-refractivity contribution is 5.33. The molecule has 0 aliphatic heterocycles.